The highest BCUT2D eigenvalue weighted by Gasteiger charge is 2.32. The van der Waals surface area contributed by atoms with Gasteiger partial charge in [0.2, 0.25) is 5.91 Å². The summed E-state index contributed by atoms with van der Waals surface area (Å²) < 4.78 is 4.93. The number of carbonyl (C=O) groups is 1. The summed E-state index contributed by atoms with van der Waals surface area (Å²) in [5.41, 5.74) is 4.99. The zero-order chi connectivity index (χ0) is 19.9. The summed E-state index contributed by atoms with van der Waals surface area (Å²) in [5, 5.41) is 12.9. The van der Waals surface area contributed by atoms with Crippen molar-refractivity contribution in [2.75, 3.05) is 33.4 Å². The summed E-state index contributed by atoms with van der Waals surface area (Å²) >= 11 is 0. The van der Waals surface area contributed by atoms with Crippen LogP contribution in [0.1, 0.15) is 35.2 Å². The highest BCUT2D eigenvalue weighted by atomic mass is 16.5. The first kappa shape index (κ1) is 20.5. The number of hydrogen-bond acceptors (Lipinski definition) is 4. The van der Waals surface area contributed by atoms with Crippen molar-refractivity contribution in [1.29, 1.82) is 0 Å². The Bertz CT molecular complexity index is 793. The minimum absolute atomic E-state index is 0.0510. The van der Waals surface area contributed by atoms with E-state index in [4.69, 9.17) is 4.74 Å². The number of aryl methyl sites for hydroxylation is 1. The molecule has 0 aromatic heterocycles. The van der Waals surface area contributed by atoms with Crippen molar-refractivity contribution in [1.82, 2.24) is 10.2 Å². The fourth-order valence-corrected chi connectivity index (χ4v) is 3.99. The number of ether oxygens (including phenoxy) is 1. The molecule has 1 heterocycles. The molecule has 0 fully saturated rings. The van der Waals surface area contributed by atoms with E-state index in [0.717, 1.165) is 12.8 Å². The Kier molecular flexibility index (Phi) is 7.20. The molecule has 150 valence electrons. The average Bonchev–Trinajstić information content (AvgIpc) is 2.73. The number of nitrogens with one attached hydrogen (secondary N) is 1. The van der Waals surface area contributed by atoms with Crippen molar-refractivity contribution in [2.24, 2.45) is 0 Å². The Morgan fingerprint density at radius 3 is 2.68 bits per heavy atom. The fraction of sp³-hybridized carbons (Fsp3) is 0.435. The predicted molar refractivity (Wildman–Crippen MR) is 110 cm³/mol. The lowest BCUT2D eigenvalue weighted by molar-refractivity contribution is -0.132. The molecule has 1 aliphatic rings. The van der Waals surface area contributed by atoms with Crippen LogP contribution >= 0.6 is 0 Å². The maximum atomic E-state index is 13.1. The molecule has 2 aromatic carbocycles. The Balaban J connectivity index is 1.84. The van der Waals surface area contributed by atoms with Crippen LogP contribution in [0.3, 0.4) is 0 Å². The zero-order valence-electron chi connectivity index (χ0n) is 16.7. The van der Waals surface area contributed by atoms with Gasteiger partial charge in [0, 0.05) is 20.2 Å². The summed E-state index contributed by atoms with van der Waals surface area (Å²) in [5.74, 6) is 0.0510. The number of rotatable bonds is 8. The third kappa shape index (κ3) is 4.61. The summed E-state index contributed by atoms with van der Waals surface area (Å²) in [6, 6.07) is 16.7. The largest absolute Gasteiger partial charge is 0.389 e. The fourth-order valence-electron chi connectivity index (χ4n) is 3.99. The normalized spacial score (nSPS) is 17.2. The van der Waals surface area contributed by atoms with Crippen molar-refractivity contribution < 1.29 is 14.6 Å². The van der Waals surface area contributed by atoms with E-state index in [2.05, 4.69) is 48.6 Å². The molecular weight excluding hydrogens is 352 g/mol. The third-order valence-electron chi connectivity index (χ3n) is 5.35. The van der Waals surface area contributed by atoms with Crippen molar-refractivity contribution >= 4 is 5.91 Å². The molecule has 2 atom stereocenters. The molecule has 2 aromatic rings. The maximum Gasteiger partial charge on any atom is 0.237 e. The Morgan fingerprint density at radius 2 is 1.93 bits per heavy atom. The average molecular weight is 383 g/mol. The van der Waals surface area contributed by atoms with E-state index in [1.807, 2.05) is 17.0 Å². The van der Waals surface area contributed by atoms with Gasteiger partial charge in [0.25, 0.3) is 0 Å². The molecule has 1 aliphatic heterocycles. The van der Waals surface area contributed by atoms with Crippen LogP contribution < -0.4 is 5.32 Å². The van der Waals surface area contributed by atoms with Gasteiger partial charge in [-0.2, -0.15) is 0 Å². The molecule has 1 unspecified atom stereocenters. The molecule has 0 radical (unpaired) electrons. The lowest BCUT2D eigenvalue weighted by Gasteiger charge is -2.38. The smallest absolute Gasteiger partial charge is 0.237 e. The minimum Gasteiger partial charge on any atom is -0.389 e. The summed E-state index contributed by atoms with van der Waals surface area (Å²) in [4.78, 5) is 15.1. The monoisotopic (exact) mass is 382 g/mol. The van der Waals surface area contributed by atoms with Gasteiger partial charge in [0.15, 0.2) is 0 Å². The highest BCUT2D eigenvalue weighted by Crippen LogP contribution is 2.36. The number of nitrogens with zero attached hydrogens (tertiary/aromatic N) is 1. The summed E-state index contributed by atoms with van der Waals surface area (Å²) in [6.07, 6.45) is 1.17. The third-order valence-corrected chi connectivity index (χ3v) is 5.35. The van der Waals surface area contributed by atoms with E-state index >= 15 is 0 Å². The van der Waals surface area contributed by atoms with Gasteiger partial charge in [-0.3, -0.25) is 4.79 Å². The van der Waals surface area contributed by atoms with Gasteiger partial charge in [0.1, 0.15) is 0 Å². The van der Waals surface area contributed by atoms with Crippen LogP contribution in [0.25, 0.3) is 0 Å². The standard InChI is InChI=1S/C23H30N2O3/c1-3-17-8-4-6-10-20(17)23-21-11-7-5-9-18(21)12-13-25(23)22(27)15-24-14-19(26)16-28-2/h4-11,19,23-24,26H,3,12-16H2,1-2H3/t19-,23?/m0/s1. The Hall–Kier alpha value is -2.21. The van der Waals surface area contributed by atoms with Gasteiger partial charge >= 0.3 is 0 Å². The Labute approximate surface area is 167 Å². The Morgan fingerprint density at radius 1 is 1.21 bits per heavy atom. The number of carbonyl (C=O) groups excluding carboxylic acids is 1. The molecule has 0 spiro atoms. The number of hydrogen-bond donors (Lipinski definition) is 2. The molecule has 2 N–H and O–H groups in total. The predicted octanol–water partition coefficient (Wildman–Crippen LogP) is 2.32. The molecule has 5 nitrogen and oxygen atoms in total. The van der Waals surface area contributed by atoms with Crippen molar-refractivity contribution in [2.45, 2.75) is 31.9 Å². The molecule has 28 heavy (non-hydrogen) atoms. The number of methoxy groups -OCH3 is 1. The van der Waals surface area contributed by atoms with Gasteiger partial charge in [-0.25, -0.2) is 0 Å². The van der Waals surface area contributed by atoms with Crippen molar-refractivity contribution in [3.05, 3.63) is 70.8 Å². The van der Waals surface area contributed by atoms with Crippen LogP contribution in [0.5, 0.6) is 0 Å². The number of benzene rings is 2. The van der Waals surface area contributed by atoms with E-state index < -0.39 is 6.10 Å². The van der Waals surface area contributed by atoms with Crippen LogP contribution in [0.15, 0.2) is 48.5 Å². The number of amides is 1. The van der Waals surface area contributed by atoms with Crippen LogP contribution in [0, 0.1) is 0 Å². The second kappa shape index (κ2) is 9.82. The van der Waals surface area contributed by atoms with E-state index in [0.29, 0.717) is 13.1 Å². The number of aliphatic hydroxyl groups is 1. The lowest BCUT2D eigenvalue weighted by atomic mass is 9.85. The zero-order valence-corrected chi connectivity index (χ0v) is 16.7. The second-order valence-corrected chi connectivity index (χ2v) is 7.23. The molecule has 3 rings (SSSR count). The van der Waals surface area contributed by atoms with E-state index in [9.17, 15) is 9.90 Å². The van der Waals surface area contributed by atoms with Crippen molar-refractivity contribution in [3.63, 3.8) is 0 Å². The van der Waals surface area contributed by atoms with Crippen molar-refractivity contribution in [3.8, 4) is 0 Å². The maximum absolute atomic E-state index is 13.1. The quantitative estimate of drug-likeness (QED) is 0.736. The molecule has 1 amide bonds. The summed E-state index contributed by atoms with van der Waals surface area (Å²) in [6.45, 7) is 3.64. The van der Waals surface area contributed by atoms with Crippen LogP contribution in [-0.2, 0) is 22.4 Å². The molecule has 0 bridgehead atoms. The van der Waals surface area contributed by atoms with Gasteiger partial charge < -0.3 is 20.1 Å². The van der Waals surface area contributed by atoms with Gasteiger partial charge in [-0.1, -0.05) is 55.5 Å². The molecular formula is C23H30N2O3. The van der Waals surface area contributed by atoms with Crippen LogP contribution in [0.2, 0.25) is 0 Å². The van der Waals surface area contributed by atoms with E-state index in [1.54, 1.807) is 7.11 Å². The molecule has 5 heteroatoms. The summed E-state index contributed by atoms with van der Waals surface area (Å²) in [7, 11) is 1.55. The first-order valence-corrected chi connectivity index (χ1v) is 9.98. The second-order valence-electron chi connectivity index (χ2n) is 7.23. The first-order valence-electron chi connectivity index (χ1n) is 9.98. The SMILES string of the molecule is CCc1ccccc1C1c2ccccc2CCN1C(=O)CNC[C@H](O)COC. The minimum atomic E-state index is -0.614. The first-order chi connectivity index (χ1) is 13.7. The van der Waals surface area contributed by atoms with E-state index in [1.165, 1.54) is 22.3 Å². The number of fused-ring (bicyclic) bond motifs is 1. The molecule has 0 saturated carbocycles. The van der Waals surface area contributed by atoms with Crippen LogP contribution in [0.4, 0.5) is 0 Å². The molecule has 0 saturated heterocycles. The number of aliphatic hydroxyl groups excluding tert-OH is 1. The van der Waals surface area contributed by atoms with Gasteiger partial charge in [-0.05, 0) is 35.1 Å². The lowest BCUT2D eigenvalue weighted by Crippen LogP contribution is -2.46. The molecule has 0 aliphatic carbocycles. The van der Waals surface area contributed by atoms with Crippen LogP contribution in [-0.4, -0.2) is 55.4 Å². The topological polar surface area (TPSA) is 61.8 Å². The van der Waals surface area contributed by atoms with E-state index in [-0.39, 0.29) is 25.1 Å². The highest BCUT2D eigenvalue weighted by molar-refractivity contribution is 5.80. The van der Waals surface area contributed by atoms with Gasteiger partial charge in [0.05, 0.1) is 25.3 Å². The van der Waals surface area contributed by atoms with Gasteiger partial charge in [-0.15, -0.1) is 0 Å².